The fraction of sp³-hybridized carbons (Fsp3) is 0.250. The van der Waals surface area contributed by atoms with Gasteiger partial charge in [0.25, 0.3) is 0 Å². The molecular formula is C16H17NO3. The summed E-state index contributed by atoms with van der Waals surface area (Å²) in [5, 5.41) is 9.51. The van der Waals surface area contributed by atoms with Crippen molar-refractivity contribution in [2.45, 2.75) is 19.3 Å². The van der Waals surface area contributed by atoms with E-state index in [2.05, 4.69) is 4.98 Å². The number of pyridine rings is 1. The van der Waals surface area contributed by atoms with Crippen LogP contribution in [-0.4, -0.2) is 23.2 Å². The molecule has 2 aromatic rings. The fourth-order valence-corrected chi connectivity index (χ4v) is 2.30. The summed E-state index contributed by atoms with van der Waals surface area (Å²) >= 11 is 0. The number of aryl methyl sites for hydroxylation is 1. The zero-order valence-electron chi connectivity index (χ0n) is 11.5. The van der Waals surface area contributed by atoms with Crippen molar-refractivity contribution >= 4 is 5.97 Å². The molecule has 4 heteroatoms. The van der Waals surface area contributed by atoms with E-state index in [1.54, 1.807) is 25.6 Å². The predicted octanol–water partition coefficient (Wildman–Crippen LogP) is 2.81. The van der Waals surface area contributed by atoms with E-state index in [4.69, 9.17) is 4.74 Å². The van der Waals surface area contributed by atoms with Crippen molar-refractivity contribution in [3.8, 4) is 5.75 Å². The lowest BCUT2D eigenvalue weighted by atomic mass is 9.90. The van der Waals surface area contributed by atoms with Gasteiger partial charge >= 0.3 is 5.97 Å². The summed E-state index contributed by atoms with van der Waals surface area (Å²) in [4.78, 5) is 15.6. The molecule has 0 aliphatic heterocycles. The number of carboxylic acids is 1. The van der Waals surface area contributed by atoms with Crippen molar-refractivity contribution in [3.63, 3.8) is 0 Å². The van der Waals surface area contributed by atoms with E-state index in [9.17, 15) is 9.90 Å². The molecule has 0 amide bonds. The number of nitrogens with zero attached hydrogens (tertiary/aromatic N) is 1. The molecule has 0 bridgehead atoms. The maximum atomic E-state index is 11.6. The largest absolute Gasteiger partial charge is 0.496 e. The molecule has 4 nitrogen and oxygen atoms in total. The summed E-state index contributed by atoms with van der Waals surface area (Å²) in [5.41, 5.74) is 2.56. The van der Waals surface area contributed by atoms with Gasteiger partial charge in [-0.05, 0) is 42.2 Å². The van der Waals surface area contributed by atoms with Crippen LogP contribution in [0.25, 0.3) is 0 Å². The van der Waals surface area contributed by atoms with Gasteiger partial charge in [0.05, 0.1) is 13.0 Å². The smallest absolute Gasteiger partial charge is 0.311 e. The van der Waals surface area contributed by atoms with Crippen LogP contribution in [-0.2, 0) is 11.2 Å². The summed E-state index contributed by atoms with van der Waals surface area (Å²) in [6.45, 7) is 1.88. The van der Waals surface area contributed by atoms with E-state index in [-0.39, 0.29) is 0 Å². The molecule has 1 N–H and O–H groups in total. The SMILES string of the molecule is COc1ccccc1CC(C(=O)O)c1ccncc1C. The number of aromatic nitrogens is 1. The zero-order valence-corrected chi connectivity index (χ0v) is 11.5. The first kappa shape index (κ1) is 14.1. The Morgan fingerprint density at radius 3 is 2.75 bits per heavy atom. The monoisotopic (exact) mass is 271 g/mol. The number of carboxylic acid groups (broad SMARTS) is 1. The van der Waals surface area contributed by atoms with Gasteiger partial charge in [0.2, 0.25) is 0 Å². The Balaban J connectivity index is 2.36. The minimum atomic E-state index is -0.842. The molecule has 0 spiro atoms. The number of hydrogen-bond donors (Lipinski definition) is 1. The lowest BCUT2D eigenvalue weighted by Crippen LogP contribution is -2.16. The van der Waals surface area contributed by atoms with Crippen LogP contribution in [0.2, 0.25) is 0 Å². The van der Waals surface area contributed by atoms with E-state index in [1.165, 1.54) is 0 Å². The van der Waals surface area contributed by atoms with Gasteiger partial charge in [-0.2, -0.15) is 0 Å². The number of carbonyl (C=O) groups is 1. The molecule has 0 saturated heterocycles. The average molecular weight is 271 g/mol. The van der Waals surface area contributed by atoms with Crippen LogP contribution in [0, 0.1) is 6.92 Å². The van der Waals surface area contributed by atoms with Crippen LogP contribution in [0.1, 0.15) is 22.6 Å². The highest BCUT2D eigenvalue weighted by Crippen LogP contribution is 2.28. The first-order valence-corrected chi connectivity index (χ1v) is 6.38. The third-order valence-corrected chi connectivity index (χ3v) is 3.35. The molecule has 1 unspecified atom stereocenters. The normalized spacial score (nSPS) is 11.9. The Bertz CT molecular complexity index is 610. The molecule has 0 saturated carbocycles. The highest BCUT2D eigenvalue weighted by atomic mass is 16.5. The Morgan fingerprint density at radius 2 is 2.10 bits per heavy atom. The second kappa shape index (κ2) is 6.19. The molecule has 20 heavy (non-hydrogen) atoms. The van der Waals surface area contributed by atoms with Crippen LogP contribution in [0.4, 0.5) is 0 Å². The van der Waals surface area contributed by atoms with Gasteiger partial charge in [-0.1, -0.05) is 18.2 Å². The third-order valence-electron chi connectivity index (χ3n) is 3.35. The number of ether oxygens (including phenoxy) is 1. The van der Waals surface area contributed by atoms with Crippen molar-refractivity contribution in [3.05, 3.63) is 59.4 Å². The standard InChI is InChI=1S/C16H17NO3/c1-11-10-17-8-7-13(11)14(16(18)19)9-12-5-3-4-6-15(12)20-2/h3-8,10,14H,9H2,1-2H3,(H,18,19). The second-order valence-electron chi connectivity index (χ2n) is 4.64. The third kappa shape index (κ3) is 2.96. The maximum Gasteiger partial charge on any atom is 0.311 e. The minimum absolute atomic E-state index is 0.393. The van der Waals surface area contributed by atoms with Gasteiger partial charge in [-0.3, -0.25) is 9.78 Å². The molecule has 104 valence electrons. The first-order chi connectivity index (χ1) is 9.63. The maximum absolute atomic E-state index is 11.6. The molecule has 1 heterocycles. The Hall–Kier alpha value is -2.36. The average Bonchev–Trinajstić information content (AvgIpc) is 2.46. The zero-order chi connectivity index (χ0) is 14.5. The number of para-hydroxylation sites is 1. The summed E-state index contributed by atoms with van der Waals surface area (Å²) in [6, 6.07) is 9.26. The molecule has 1 aromatic heterocycles. The predicted molar refractivity (Wildman–Crippen MR) is 76.0 cm³/mol. The number of hydrogen-bond acceptors (Lipinski definition) is 3. The quantitative estimate of drug-likeness (QED) is 0.908. The summed E-state index contributed by atoms with van der Waals surface area (Å²) in [7, 11) is 1.59. The van der Waals surface area contributed by atoms with Gasteiger partial charge in [0.15, 0.2) is 0 Å². The summed E-state index contributed by atoms with van der Waals surface area (Å²) in [5.74, 6) is -0.732. The van der Waals surface area contributed by atoms with E-state index in [1.807, 2.05) is 31.2 Å². The van der Waals surface area contributed by atoms with E-state index < -0.39 is 11.9 Å². The van der Waals surface area contributed by atoms with Gasteiger partial charge in [0.1, 0.15) is 5.75 Å². The second-order valence-corrected chi connectivity index (χ2v) is 4.64. The topological polar surface area (TPSA) is 59.4 Å². The Morgan fingerprint density at radius 1 is 1.35 bits per heavy atom. The van der Waals surface area contributed by atoms with Crippen LogP contribution >= 0.6 is 0 Å². The highest BCUT2D eigenvalue weighted by molar-refractivity contribution is 5.77. The molecule has 1 atom stereocenters. The van der Waals surface area contributed by atoms with Gasteiger partial charge in [-0.15, -0.1) is 0 Å². The Kier molecular flexibility index (Phi) is 4.35. The number of methoxy groups -OCH3 is 1. The van der Waals surface area contributed by atoms with Gasteiger partial charge < -0.3 is 9.84 Å². The molecule has 2 rings (SSSR count). The van der Waals surface area contributed by atoms with Crippen molar-refractivity contribution < 1.29 is 14.6 Å². The lowest BCUT2D eigenvalue weighted by molar-refractivity contribution is -0.138. The summed E-state index contributed by atoms with van der Waals surface area (Å²) in [6.07, 6.45) is 3.71. The number of rotatable bonds is 5. The van der Waals surface area contributed by atoms with Crippen LogP contribution in [0.15, 0.2) is 42.7 Å². The molecule has 0 aliphatic carbocycles. The highest BCUT2D eigenvalue weighted by Gasteiger charge is 2.23. The van der Waals surface area contributed by atoms with Crippen LogP contribution < -0.4 is 4.74 Å². The van der Waals surface area contributed by atoms with Crippen molar-refractivity contribution in [2.75, 3.05) is 7.11 Å². The Labute approximate surface area is 118 Å². The fourth-order valence-electron chi connectivity index (χ4n) is 2.30. The van der Waals surface area contributed by atoms with Gasteiger partial charge in [0, 0.05) is 12.4 Å². The van der Waals surface area contributed by atoms with Crippen LogP contribution in [0.3, 0.4) is 0 Å². The van der Waals surface area contributed by atoms with E-state index >= 15 is 0 Å². The van der Waals surface area contributed by atoms with Crippen molar-refractivity contribution in [1.82, 2.24) is 4.98 Å². The molecule has 0 aliphatic rings. The number of aliphatic carboxylic acids is 1. The van der Waals surface area contributed by atoms with E-state index in [0.29, 0.717) is 12.2 Å². The van der Waals surface area contributed by atoms with Crippen molar-refractivity contribution in [1.29, 1.82) is 0 Å². The van der Waals surface area contributed by atoms with Crippen molar-refractivity contribution in [2.24, 2.45) is 0 Å². The molecule has 1 aromatic carbocycles. The first-order valence-electron chi connectivity index (χ1n) is 6.38. The molecule has 0 radical (unpaired) electrons. The molecular weight excluding hydrogens is 254 g/mol. The lowest BCUT2D eigenvalue weighted by Gasteiger charge is -2.16. The summed E-state index contributed by atoms with van der Waals surface area (Å²) < 4.78 is 5.29. The van der Waals surface area contributed by atoms with Gasteiger partial charge in [-0.25, -0.2) is 0 Å². The number of benzene rings is 1. The molecule has 0 fully saturated rings. The van der Waals surface area contributed by atoms with E-state index in [0.717, 1.165) is 16.7 Å². The minimum Gasteiger partial charge on any atom is -0.496 e. The van der Waals surface area contributed by atoms with Crippen LogP contribution in [0.5, 0.6) is 5.75 Å².